The van der Waals surface area contributed by atoms with Crippen LogP contribution in [0, 0.1) is 0 Å². The van der Waals surface area contributed by atoms with Crippen molar-refractivity contribution in [2.75, 3.05) is 26.9 Å². The number of rotatable bonds is 10. The van der Waals surface area contributed by atoms with Crippen LogP contribution in [0.15, 0.2) is 0 Å². The molecule has 0 aromatic rings. The molecule has 0 aromatic heterocycles. The molecule has 0 aromatic carbocycles. The first-order valence-electron chi connectivity index (χ1n) is 5.95. The van der Waals surface area contributed by atoms with E-state index in [1.54, 1.807) is 0 Å². The lowest BCUT2D eigenvalue weighted by Crippen LogP contribution is -2.34. The van der Waals surface area contributed by atoms with Crippen molar-refractivity contribution in [2.24, 2.45) is 0 Å². The molecule has 2 unspecified atom stereocenters. The van der Waals surface area contributed by atoms with Gasteiger partial charge in [-0.25, -0.2) is 4.79 Å². The SMILES string of the molecule is CCC(CO)OC(COC(=O)NCCC(=O)O)OC. The zero-order valence-corrected chi connectivity index (χ0v) is 11.1. The normalized spacial score (nSPS) is 13.6. The van der Waals surface area contributed by atoms with Gasteiger partial charge in [0.05, 0.1) is 19.1 Å². The maximum absolute atomic E-state index is 11.2. The monoisotopic (exact) mass is 279 g/mol. The second-order valence-electron chi connectivity index (χ2n) is 3.68. The third kappa shape index (κ3) is 9.23. The summed E-state index contributed by atoms with van der Waals surface area (Å²) in [6, 6.07) is 0. The Morgan fingerprint density at radius 1 is 1.37 bits per heavy atom. The predicted molar refractivity (Wildman–Crippen MR) is 64.7 cm³/mol. The van der Waals surface area contributed by atoms with Crippen LogP contribution in [0.5, 0.6) is 0 Å². The Labute approximate surface area is 111 Å². The lowest BCUT2D eigenvalue weighted by molar-refractivity contribution is -0.181. The van der Waals surface area contributed by atoms with Crippen LogP contribution in [0.3, 0.4) is 0 Å². The highest BCUT2D eigenvalue weighted by Crippen LogP contribution is 2.04. The molecule has 0 saturated heterocycles. The molecule has 0 rings (SSSR count). The molecule has 2 atom stereocenters. The van der Waals surface area contributed by atoms with Crippen molar-refractivity contribution in [2.45, 2.75) is 32.2 Å². The van der Waals surface area contributed by atoms with Gasteiger partial charge in [-0.1, -0.05) is 6.92 Å². The molecule has 0 heterocycles. The molecular weight excluding hydrogens is 258 g/mol. The fourth-order valence-electron chi connectivity index (χ4n) is 1.11. The number of carbonyl (C=O) groups is 2. The van der Waals surface area contributed by atoms with Crippen molar-refractivity contribution in [3.8, 4) is 0 Å². The van der Waals surface area contributed by atoms with Gasteiger partial charge in [0.1, 0.15) is 6.61 Å². The smallest absolute Gasteiger partial charge is 0.407 e. The number of hydrogen-bond donors (Lipinski definition) is 3. The quantitative estimate of drug-likeness (QED) is 0.480. The Balaban J connectivity index is 3.86. The topological polar surface area (TPSA) is 114 Å². The van der Waals surface area contributed by atoms with Gasteiger partial charge >= 0.3 is 12.1 Å². The van der Waals surface area contributed by atoms with Gasteiger partial charge in [-0.05, 0) is 6.42 Å². The zero-order chi connectivity index (χ0) is 14.7. The van der Waals surface area contributed by atoms with Crippen LogP contribution in [-0.4, -0.2) is 61.5 Å². The van der Waals surface area contributed by atoms with Crippen molar-refractivity contribution >= 4 is 12.1 Å². The van der Waals surface area contributed by atoms with Crippen molar-refractivity contribution in [3.05, 3.63) is 0 Å². The van der Waals surface area contributed by atoms with Gasteiger partial charge in [0.15, 0.2) is 6.29 Å². The Morgan fingerprint density at radius 3 is 2.53 bits per heavy atom. The number of aliphatic hydroxyl groups is 1. The summed E-state index contributed by atoms with van der Waals surface area (Å²) in [7, 11) is 1.39. The number of carboxylic acids is 1. The van der Waals surface area contributed by atoms with Crippen LogP contribution in [0.2, 0.25) is 0 Å². The van der Waals surface area contributed by atoms with E-state index in [2.05, 4.69) is 5.32 Å². The molecule has 1 amide bonds. The third-order valence-electron chi connectivity index (χ3n) is 2.22. The maximum Gasteiger partial charge on any atom is 0.407 e. The predicted octanol–water partition coefficient (Wildman–Crippen LogP) is -0.0527. The van der Waals surface area contributed by atoms with Crippen LogP contribution in [0.4, 0.5) is 4.79 Å². The molecule has 3 N–H and O–H groups in total. The van der Waals surface area contributed by atoms with Gasteiger partial charge in [-0.3, -0.25) is 4.79 Å². The number of carboxylic acid groups (broad SMARTS) is 1. The van der Waals surface area contributed by atoms with Crippen LogP contribution in [-0.2, 0) is 19.0 Å². The molecular formula is C11H21NO7. The summed E-state index contributed by atoms with van der Waals surface area (Å²) >= 11 is 0. The van der Waals surface area contributed by atoms with Crippen molar-refractivity contribution in [1.29, 1.82) is 0 Å². The first kappa shape index (κ1) is 17.6. The fourth-order valence-corrected chi connectivity index (χ4v) is 1.11. The summed E-state index contributed by atoms with van der Waals surface area (Å²) in [5.74, 6) is -1.01. The molecule has 8 nitrogen and oxygen atoms in total. The van der Waals surface area contributed by atoms with Crippen LogP contribution < -0.4 is 5.32 Å². The zero-order valence-electron chi connectivity index (χ0n) is 11.1. The van der Waals surface area contributed by atoms with Gasteiger partial charge in [-0.15, -0.1) is 0 Å². The average molecular weight is 279 g/mol. The maximum atomic E-state index is 11.2. The molecule has 0 bridgehead atoms. The highest BCUT2D eigenvalue weighted by molar-refractivity contribution is 5.70. The second kappa shape index (κ2) is 10.5. The molecule has 0 aliphatic carbocycles. The average Bonchev–Trinajstić information content (AvgIpc) is 2.38. The lowest BCUT2D eigenvalue weighted by Gasteiger charge is -2.21. The minimum Gasteiger partial charge on any atom is -0.481 e. The highest BCUT2D eigenvalue weighted by Gasteiger charge is 2.16. The lowest BCUT2D eigenvalue weighted by atomic mass is 10.3. The number of alkyl carbamates (subject to hydrolysis) is 1. The van der Waals surface area contributed by atoms with Crippen molar-refractivity contribution in [1.82, 2.24) is 5.32 Å². The number of ether oxygens (including phenoxy) is 3. The van der Waals surface area contributed by atoms with E-state index in [9.17, 15) is 9.59 Å². The minimum atomic E-state index is -1.01. The van der Waals surface area contributed by atoms with Crippen molar-refractivity contribution in [3.63, 3.8) is 0 Å². The van der Waals surface area contributed by atoms with E-state index in [1.807, 2.05) is 6.92 Å². The largest absolute Gasteiger partial charge is 0.481 e. The first-order valence-corrected chi connectivity index (χ1v) is 5.95. The molecule has 0 aliphatic heterocycles. The van der Waals surface area contributed by atoms with E-state index in [-0.39, 0.29) is 32.3 Å². The van der Waals surface area contributed by atoms with Gasteiger partial charge < -0.3 is 29.7 Å². The number of hydrogen-bond acceptors (Lipinski definition) is 6. The van der Waals surface area contributed by atoms with Gasteiger partial charge in [0.25, 0.3) is 0 Å². The molecule has 0 spiro atoms. The summed E-state index contributed by atoms with van der Waals surface area (Å²) in [4.78, 5) is 21.4. The Bertz CT molecular complexity index is 268. The van der Waals surface area contributed by atoms with E-state index in [4.69, 9.17) is 24.4 Å². The van der Waals surface area contributed by atoms with Gasteiger partial charge in [0, 0.05) is 13.7 Å². The Morgan fingerprint density at radius 2 is 2.05 bits per heavy atom. The van der Waals surface area contributed by atoms with E-state index in [0.717, 1.165) is 0 Å². The summed E-state index contributed by atoms with van der Waals surface area (Å²) < 4.78 is 15.1. The summed E-state index contributed by atoms with van der Waals surface area (Å²) in [5.41, 5.74) is 0. The summed E-state index contributed by atoms with van der Waals surface area (Å²) in [6.07, 6.45) is -1.49. The highest BCUT2D eigenvalue weighted by atomic mass is 16.7. The molecule has 0 aliphatic rings. The van der Waals surface area contributed by atoms with Crippen LogP contribution in [0.1, 0.15) is 19.8 Å². The number of methoxy groups -OCH3 is 1. The van der Waals surface area contributed by atoms with E-state index in [0.29, 0.717) is 6.42 Å². The number of aliphatic hydroxyl groups excluding tert-OH is 1. The van der Waals surface area contributed by atoms with E-state index < -0.39 is 18.4 Å². The molecule has 19 heavy (non-hydrogen) atoms. The fraction of sp³-hybridized carbons (Fsp3) is 0.818. The standard InChI is InChI=1S/C11H21NO7/c1-3-8(6-13)19-10(17-2)7-18-11(16)12-5-4-9(14)15/h8,10,13H,3-7H2,1-2H3,(H,12,16)(H,14,15). The summed E-state index contributed by atoms with van der Waals surface area (Å²) in [6.45, 7) is 1.53. The Kier molecular flexibility index (Phi) is 9.77. The Hall–Kier alpha value is -1.38. The molecule has 0 radical (unpaired) electrons. The van der Waals surface area contributed by atoms with Crippen LogP contribution >= 0.6 is 0 Å². The number of carbonyl (C=O) groups excluding carboxylic acids is 1. The van der Waals surface area contributed by atoms with E-state index in [1.165, 1.54) is 7.11 Å². The number of aliphatic carboxylic acids is 1. The van der Waals surface area contributed by atoms with Gasteiger partial charge in [-0.2, -0.15) is 0 Å². The van der Waals surface area contributed by atoms with Gasteiger partial charge in [0.2, 0.25) is 0 Å². The van der Waals surface area contributed by atoms with E-state index >= 15 is 0 Å². The van der Waals surface area contributed by atoms with Crippen molar-refractivity contribution < 1.29 is 34.0 Å². The third-order valence-corrected chi connectivity index (χ3v) is 2.22. The molecule has 0 saturated carbocycles. The number of amides is 1. The minimum absolute atomic E-state index is 0.0130. The summed E-state index contributed by atoms with van der Waals surface area (Å²) in [5, 5.41) is 19.6. The van der Waals surface area contributed by atoms with Crippen LogP contribution in [0.25, 0.3) is 0 Å². The molecule has 8 heteroatoms. The number of nitrogens with one attached hydrogen (secondary N) is 1. The molecule has 0 fully saturated rings. The first-order chi connectivity index (χ1) is 9.03. The second-order valence-corrected chi connectivity index (χ2v) is 3.68. The molecule has 112 valence electrons.